The first kappa shape index (κ1) is 66.5. The van der Waals surface area contributed by atoms with Crippen molar-refractivity contribution in [3.8, 4) is 0 Å². The molecule has 1 amide bonds. The topological polar surface area (TPSA) is 69.6 Å². The van der Waals surface area contributed by atoms with Crippen LogP contribution < -0.4 is 5.32 Å². The largest absolute Gasteiger partial charge is 0.394 e. The third kappa shape index (κ3) is 55.5. The normalized spacial score (nSPS) is 13.8. The molecule has 0 fully saturated rings. The Morgan fingerprint density at radius 3 is 1.00 bits per heavy atom. The van der Waals surface area contributed by atoms with Gasteiger partial charge in [0.2, 0.25) is 5.91 Å². The minimum atomic E-state index is -0.882. The van der Waals surface area contributed by atoms with Gasteiger partial charge in [-0.1, -0.05) is 276 Å². The fourth-order valence-electron chi connectivity index (χ4n) is 8.17. The lowest BCUT2D eigenvalue weighted by Gasteiger charge is -2.19. The first-order valence-electron chi connectivity index (χ1n) is 29.4. The number of allylic oxidation sites excluding steroid dienone is 21. The smallest absolute Gasteiger partial charge is 0.220 e. The lowest BCUT2D eigenvalue weighted by Crippen LogP contribution is -2.45. The Balaban J connectivity index is 3.64. The lowest BCUT2D eigenvalue weighted by molar-refractivity contribution is -0.123. The molecule has 0 saturated heterocycles. The molecule has 0 saturated carbocycles. The van der Waals surface area contributed by atoms with E-state index in [0.717, 1.165) is 96.3 Å². The second-order valence-electron chi connectivity index (χ2n) is 19.3. The average molecular weight is 967 g/mol. The maximum absolute atomic E-state index is 12.5. The maximum Gasteiger partial charge on any atom is 0.220 e. The molecule has 3 N–H and O–H groups in total. The van der Waals surface area contributed by atoms with Gasteiger partial charge >= 0.3 is 0 Å². The molecule has 0 aliphatic carbocycles. The highest BCUT2D eigenvalue weighted by Gasteiger charge is 2.18. The van der Waals surface area contributed by atoms with E-state index in [1.54, 1.807) is 6.08 Å². The first-order valence-corrected chi connectivity index (χ1v) is 29.4. The Hall–Kier alpha value is -3.47. The third-order valence-electron chi connectivity index (χ3n) is 12.6. The van der Waals surface area contributed by atoms with E-state index in [1.165, 1.54) is 141 Å². The summed E-state index contributed by atoms with van der Waals surface area (Å²) in [7, 11) is 0. The number of hydrogen-bond donors (Lipinski definition) is 3. The second kappa shape index (κ2) is 59.8. The molecular formula is C66H111NO3. The van der Waals surface area contributed by atoms with Gasteiger partial charge in [0, 0.05) is 6.42 Å². The Morgan fingerprint density at radius 2 is 0.643 bits per heavy atom. The molecule has 0 aromatic rings. The lowest BCUT2D eigenvalue weighted by atomic mass is 10.0. The number of carbonyl (C=O) groups is 1. The quantitative estimate of drug-likeness (QED) is 0.0420. The summed E-state index contributed by atoms with van der Waals surface area (Å²) in [6, 6.07) is -0.658. The Bertz CT molecular complexity index is 1420. The summed E-state index contributed by atoms with van der Waals surface area (Å²) < 4.78 is 0. The zero-order valence-electron chi connectivity index (χ0n) is 45.7. The predicted molar refractivity (Wildman–Crippen MR) is 312 cm³/mol. The SMILES string of the molecule is CC/C=C\C/C=C\C/C=C\C/C=C\C/C=C\C/C=C\C/C=C\C/C=C\CCCCCCCCCCCCC(=O)NC(CO)C(O)/C=C/CC/C=C/CC/C=C/CCCCCCCCCCCCCCC. The van der Waals surface area contributed by atoms with Crippen molar-refractivity contribution < 1.29 is 15.0 Å². The number of aliphatic hydroxyl groups is 2. The van der Waals surface area contributed by atoms with Gasteiger partial charge in [-0.3, -0.25) is 4.79 Å². The standard InChI is InChI=1S/C66H111NO3/c1-3-5-7-9-11-13-15-17-19-21-23-25-27-28-29-30-31-32-33-34-35-36-37-38-40-42-44-46-48-50-52-54-56-58-60-62-66(70)67-64(63-68)65(69)61-59-57-55-53-51-49-47-45-43-41-39-26-24-22-20-18-16-14-12-10-8-6-4-2/h5,7,11,13,17,19,23,25,28-29,31-32,34-35,37-38,43,45,51,53,59,61,64-65,68-69H,3-4,6,8-10,12,14-16,18,20-22,24,26-27,30,33,36,39-42,44,46-50,52,54-58,60,62-63H2,1-2H3,(H,67,70)/b7-5-,13-11-,19-17-,25-23-,29-28-,32-31-,35-34-,38-37-,45-43+,53-51+,61-59+. The van der Waals surface area contributed by atoms with Gasteiger partial charge in [-0.25, -0.2) is 0 Å². The van der Waals surface area contributed by atoms with Crippen molar-refractivity contribution >= 4 is 5.91 Å². The predicted octanol–water partition coefficient (Wildman–Crippen LogP) is 19.8. The summed E-state index contributed by atoms with van der Waals surface area (Å²) in [5.41, 5.74) is 0. The molecule has 0 aromatic heterocycles. The van der Waals surface area contributed by atoms with Gasteiger partial charge in [-0.15, -0.1) is 0 Å². The van der Waals surface area contributed by atoms with Crippen LogP contribution in [0.4, 0.5) is 0 Å². The van der Waals surface area contributed by atoms with Gasteiger partial charge in [0.15, 0.2) is 0 Å². The summed E-state index contributed by atoms with van der Waals surface area (Å²) >= 11 is 0. The van der Waals surface area contributed by atoms with Gasteiger partial charge in [0.05, 0.1) is 18.8 Å². The van der Waals surface area contributed by atoms with Crippen molar-refractivity contribution in [2.45, 2.75) is 270 Å². The molecule has 0 heterocycles. The summed E-state index contributed by atoms with van der Waals surface area (Å²) in [5, 5.41) is 23.2. The highest BCUT2D eigenvalue weighted by Crippen LogP contribution is 2.15. The number of aliphatic hydroxyl groups excluding tert-OH is 2. The number of carbonyl (C=O) groups excluding carboxylic acids is 1. The number of rotatable bonds is 52. The van der Waals surface area contributed by atoms with Crippen molar-refractivity contribution in [3.05, 3.63) is 134 Å². The van der Waals surface area contributed by atoms with Gasteiger partial charge in [0.1, 0.15) is 0 Å². The van der Waals surface area contributed by atoms with Crippen molar-refractivity contribution in [2.24, 2.45) is 0 Å². The van der Waals surface area contributed by atoms with Crippen LogP contribution in [0.3, 0.4) is 0 Å². The monoisotopic (exact) mass is 966 g/mol. The molecule has 0 aliphatic rings. The highest BCUT2D eigenvalue weighted by molar-refractivity contribution is 5.76. The van der Waals surface area contributed by atoms with Gasteiger partial charge in [0.25, 0.3) is 0 Å². The molecule has 0 aliphatic heterocycles. The van der Waals surface area contributed by atoms with Crippen LogP contribution in [0.1, 0.15) is 258 Å². The summed E-state index contributed by atoms with van der Waals surface area (Å²) in [6.45, 7) is 4.18. The molecule has 398 valence electrons. The number of unbranched alkanes of at least 4 members (excludes halogenated alkanes) is 25. The van der Waals surface area contributed by atoms with Crippen LogP contribution in [-0.4, -0.2) is 34.9 Å². The number of hydrogen-bond acceptors (Lipinski definition) is 3. The van der Waals surface area contributed by atoms with E-state index in [9.17, 15) is 15.0 Å². The zero-order chi connectivity index (χ0) is 50.6. The molecule has 0 rings (SSSR count). The summed E-state index contributed by atoms with van der Waals surface area (Å²) in [6.07, 6.45) is 93.3. The van der Waals surface area contributed by atoms with Crippen molar-refractivity contribution in [3.63, 3.8) is 0 Å². The fraction of sp³-hybridized carbons (Fsp3) is 0.652. The van der Waals surface area contributed by atoms with Crippen LogP contribution in [0, 0.1) is 0 Å². The molecule has 2 unspecified atom stereocenters. The molecule has 0 radical (unpaired) electrons. The van der Waals surface area contributed by atoms with Gasteiger partial charge in [-0.2, -0.15) is 0 Å². The Labute approximate surface area is 434 Å². The summed E-state index contributed by atoms with van der Waals surface area (Å²) in [5.74, 6) is -0.0871. The minimum absolute atomic E-state index is 0.0871. The van der Waals surface area contributed by atoms with Crippen molar-refractivity contribution in [2.75, 3.05) is 6.61 Å². The maximum atomic E-state index is 12.5. The summed E-state index contributed by atoms with van der Waals surface area (Å²) in [4.78, 5) is 12.5. The molecule has 0 aromatic carbocycles. The second-order valence-corrected chi connectivity index (χ2v) is 19.3. The van der Waals surface area contributed by atoms with Crippen LogP contribution in [0.5, 0.6) is 0 Å². The van der Waals surface area contributed by atoms with Crippen LogP contribution in [0.25, 0.3) is 0 Å². The van der Waals surface area contributed by atoms with E-state index >= 15 is 0 Å². The minimum Gasteiger partial charge on any atom is -0.394 e. The first-order chi connectivity index (χ1) is 34.7. The van der Waals surface area contributed by atoms with Gasteiger partial charge in [-0.05, 0) is 109 Å². The van der Waals surface area contributed by atoms with Crippen molar-refractivity contribution in [1.82, 2.24) is 5.32 Å². The van der Waals surface area contributed by atoms with E-state index in [-0.39, 0.29) is 12.5 Å². The number of amides is 1. The van der Waals surface area contributed by atoms with Crippen LogP contribution >= 0.6 is 0 Å². The zero-order valence-corrected chi connectivity index (χ0v) is 45.7. The molecule has 0 spiro atoms. The highest BCUT2D eigenvalue weighted by atomic mass is 16.3. The van der Waals surface area contributed by atoms with E-state index in [2.05, 4.69) is 141 Å². The van der Waals surface area contributed by atoms with E-state index in [1.807, 2.05) is 6.08 Å². The van der Waals surface area contributed by atoms with E-state index in [4.69, 9.17) is 0 Å². The van der Waals surface area contributed by atoms with Gasteiger partial charge < -0.3 is 15.5 Å². The van der Waals surface area contributed by atoms with Crippen molar-refractivity contribution in [1.29, 1.82) is 0 Å². The molecule has 70 heavy (non-hydrogen) atoms. The Kier molecular flexibility index (Phi) is 56.9. The molecule has 2 atom stereocenters. The average Bonchev–Trinajstić information content (AvgIpc) is 3.36. The number of nitrogens with one attached hydrogen (secondary N) is 1. The molecule has 4 heteroatoms. The molecule has 4 nitrogen and oxygen atoms in total. The Morgan fingerprint density at radius 1 is 0.357 bits per heavy atom. The van der Waals surface area contributed by atoms with E-state index in [0.29, 0.717) is 6.42 Å². The van der Waals surface area contributed by atoms with Crippen LogP contribution in [0.2, 0.25) is 0 Å². The fourth-order valence-corrected chi connectivity index (χ4v) is 8.17. The molecular weight excluding hydrogens is 855 g/mol. The van der Waals surface area contributed by atoms with Crippen LogP contribution in [0.15, 0.2) is 134 Å². The molecule has 0 bridgehead atoms. The third-order valence-corrected chi connectivity index (χ3v) is 12.6. The van der Waals surface area contributed by atoms with E-state index < -0.39 is 12.1 Å². The van der Waals surface area contributed by atoms with Crippen LogP contribution in [-0.2, 0) is 4.79 Å².